The van der Waals surface area contributed by atoms with Crippen molar-refractivity contribution in [3.63, 3.8) is 0 Å². The third kappa shape index (κ3) is 3.49. The third-order valence-corrected chi connectivity index (χ3v) is 5.01. The van der Waals surface area contributed by atoms with Gasteiger partial charge in [0.05, 0.1) is 0 Å². The van der Waals surface area contributed by atoms with E-state index in [-0.39, 0.29) is 5.91 Å². The Labute approximate surface area is 142 Å². The lowest BCUT2D eigenvalue weighted by atomic mass is 10.0. The molecule has 0 radical (unpaired) electrons. The molecule has 2 fully saturated rings. The average molecular weight is 331 g/mol. The van der Waals surface area contributed by atoms with Gasteiger partial charge < -0.3 is 14.7 Å². The first-order valence-electron chi connectivity index (χ1n) is 8.82. The number of hydrogen-bond donors (Lipinski definition) is 0. The van der Waals surface area contributed by atoms with Gasteiger partial charge in [0.2, 0.25) is 6.41 Å². The Hall–Kier alpha value is -2.18. The second-order valence-electron chi connectivity index (χ2n) is 6.46. The van der Waals surface area contributed by atoms with Gasteiger partial charge in [0.1, 0.15) is 0 Å². The van der Waals surface area contributed by atoms with Gasteiger partial charge >= 0.3 is 0 Å². The van der Waals surface area contributed by atoms with Crippen LogP contribution in [0.3, 0.4) is 0 Å². The molecule has 1 unspecified atom stereocenters. The first-order valence-corrected chi connectivity index (χ1v) is 8.82. The van der Waals surface area contributed by atoms with Crippen molar-refractivity contribution >= 4 is 18.1 Å². The van der Waals surface area contributed by atoms with Gasteiger partial charge in [-0.2, -0.15) is 0 Å². The molecule has 130 valence electrons. The van der Waals surface area contributed by atoms with Crippen molar-refractivity contribution in [2.24, 2.45) is 0 Å². The molecule has 0 N–H and O–H groups in total. The third-order valence-electron chi connectivity index (χ3n) is 5.01. The van der Waals surface area contributed by atoms with E-state index in [2.05, 4.69) is 22.0 Å². The first-order chi connectivity index (χ1) is 11.7. The Morgan fingerprint density at radius 1 is 1.17 bits per heavy atom. The summed E-state index contributed by atoms with van der Waals surface area (Å²) in [7, 11) is 0. The molecule has 0 bridgehead atoms. The molecule has 0 aromatic carbocycles. The fraction of sp³-hybridized carbons (Fsp3) is 0.647. The van der Waals surface area contributed by atoms with Gasteiger partial charge in [0.25, 0.3) is 5.91 Å². The average Bonchev–Trinajstić information content (AvgIpc) is 2.67. The zero-order chi connectivity index (χ0) is 16.9. The van der Waals surface area contributed by atoms with Crippen LogP contribution in [0.25, 0.3) is 0 Å². The standard InChI is InChI=1S/C17H25N5O2/c1-2-14-5-3-4-8-22(14)16-7-6-15(18-19-16)17(24)21-11-9-20(13-23)10-12-21/h6-7,13-14H,2-5,8-12H2,1H3. The summed E-state index contributed by atoms with van der Waals surface area (Å²) in [4.78, 5) is 29.0. The molecule has 2 amide bonds. The van der Waals surface area contributed by atoms with Gasteiger partial charge in [-0.05, 0) is 37.8 Å². The molecule has 1 atom stereocenters. The largest absolute Gasteiger partial charge is 0.352 e. The summed E-state index contributed by atoms with van der Waals surface area (Å²) in [5.41, 5.74) is 0.378. The number of anilines is 1. The number of piperidine rings is 1. The molecular formula is C17H25N5O2. The van der Waals surface area contributed by atoms with Crippen molar-refractivity contribution in [3.05, 3.63) is 17.8 Å². The fourth-order valence-electron chi connectivity index (χ4n) is 3.51. The quantitative estimate of drug-likeness (QED) is 0.775. The normalized spacial score (nSPS) is 21.7. The summed E-state index contributed by atoms with van der Waals surface area (Å²) in [5.74, 6) is 0.758. The van der Waals surface area contributed by atoms with E-state index >= 15 is 0 Å². The summed E-state index contributed by atoms with van der Waals surface area (Å²) in [6.07, 6.45) is 5.58. The number of carbonyl (C=O) groups is 2. The topological polar surface area (TPSA) is 69.6 Å². The zero-order valence-electron chi connectivity index (χ0n) is 14.2. The molecule has 0 spiro atoms. The summed E-state index contributed by atoms with van der Waals surface area (Å²) >= 11 is 0. The van der Waals surface area contributed by atoms with E-state index in [9.17, 15) is 9.59 Å². The Morgan fingerprint density at radius 2 is 1.96 bits per heavy atom. The second-order valence-corrected chi connectivity index (χ2v) is 6.46. The highest BCUT2D eigenvalue weighted by molar-refractivity contribution is 5.92. The first kappa shape index (κ1) is 16.7. The van der Waals surface area contributed by atoms with Crippen molar-refractivity contribution < 1.29 is 9.59 Å². The van der Waals surface area contributed by atoms with E-state index in [0.29, 0.717) is 37.9 Å². The Kier molecular flexibility index (Phi) is 5.27. The monoisotopic (exact) mass is 331 g/mol. The molecule has 1 aromatic heterocycles. The van der Waals surface area contributed by atoms with Crippen molar-refractivity contribution in [2.45, 2.75) is 38.6 Å². The van der Waals surface area contributed by atoms with Crippen molar-refractivity contribution in [2.75, 3.05) is 37.6 Å². The number of amides is 2. The van der Waals surface area contributed by atoms with Crippen LogP contribution in [0.15, 0.2) is 12.1 Å². The van der Waals surface area contributed by atoms with E-state index < -0.39 is 0 Å². The van der Waals surface area contributed by atoms with Crippen molar-refractivity contribution in [3.8, 4) is 0 Å². The predicted molar refractivity (Wildman–Crippen MR) is 90.8 cm³/mol. The highest BCUT2D eigenvalue weighted by Gasteiger charge is 2.25. The maximum atomic E-state index is 12.5. The molecule has 3 rings (SSSR count). The zero-order valence-corrected chi connectivity index (χ0v) is 14.2. The van der Waals surface area contributed by atoms with Gasteiger partial charge in [0, 0.05) is 38.8 Å². The molecule has 0 saturated carbocycles. The van der Waals surface area contributed by atoms with Gasteiger partial charge in [-0.3, -0.25) is 9.59 Å². The minimum absolute atomic E-state index is 0.106. The summed E-state index contributed by atoms with van der Waals surface area (Å²) in [6, 6.07) is 4.21. The molecular weight excluding hydrogens is 306 g/mol. The lowest BCUT2D eigenvalue weighted by Gasteiger charge is -2.36. The molecule has 7 heteroatoms. The van der Waals surface area contributed by atoms with Crippen LogP contribution in [0.2, 0.25) is 0 Å². The van der Waals surface area contributed by atoms with Crippen LogP contribution in [0, 0.1) is 0 Å². The number of hydrogen-bond acceptors (Lipinski definition) is 5. The summed E-state index contributed by atoms with van der Waals surface area (Å²) in [6.45, 7) is 5.46. The Bertz CT molecular complexity index is 569. The highest BCUT2D eigenvalue weighted by Crippen LogP contribution is 2.24. The van der Waals surface area contributed by atoms with Gasteiger partial charge in [-0.25, -0.2) is 0 Å². The lowest BCUT2D eigenvalue weighted by molar-refractivity contribution is -0.119. The van der Waals surface area contributed by atoms with Crippen LogP contribution in [0.5, 0.6) is 0 Å². The van der Waals surface area contributed by atoms with E-state index in [1.54, 1.807) is 15.9 Å². The second kappa shape index (κ2) is 7.59. The molecule has 2 saturated heterocycles. The summed E-state index contributed by atoms with van der Waals surface area (Å²) in [5, 5.41) is 8.48. The van der Waals surface area contributed by atoms with Crippen molar-refractivity contribution in [1.29, 1.82) is 0 Å². The molecule has 2 aliphatic rings. The molecule has 0 aliphatic carbocycles. The van der Waals surface area contributed by atoms with E-state index in [1.165, 1.54) is 19.3 Å². The van der Waals surface area contributed by atoms with E-state index in [0.717, 1.165) is 25.2 Å². The van der Waals surface area contributed by atoms with Crippen LogP contribution in [0.1, 0.15) is 43.1 Å². The number of piperazine rings is 1. The maximum Gasteiger partial charge on any atom is 0.274 e. The van der Waals surface area contributed by atoms with E-state index in [4.69, 9.17) is 0 Å². The van der Waals surface area contributed by atoms with Crippen LogP contribution in [0.4, 0.5) is 5.82 Å². The predicted octanol–water partition coefficient (Wildman–Crippen LogP) is 1.16. The molecule has 7 nitrogen and oxygen atoms in total. The minimum atomic E-state index is -0.106. The summed E-state index contributed by atoms with van der Waals surface area (Å²) < 4.78 is 0. The molecule has 3 heterocycles. The highest BCUT2D eigenvalue weighted by atomic mass is 16.2. The van der Waals surface area contributed by atoms with Crippen LogP contribution in [-0.4, -0.2) is 71.1 Å². The van der Waals surface area contributed by atoms with E-state index in [1.807, 2.05) is 6.07 Å². The fourth-order valence-corrected chi connectivity index (χ4v) is 3.51. The van der Waals surface area contributed by atoms with Gasteiger partial charge in [-0.1, -0.05) is 6.92 Å². The minimum Gasteiger partial charge on any atom is -0.352 e. The van der Waals surface area contributed by atoms with Crippen LogP contribution in [-0.2, 0) is 4.79 Å². The lowest BCUT2D eigenvalue weighted by Crippen LogP contribution is -2.48. The Balaban J connectivity index is 1.65. The maximum absolute atomic E-state index is 12.5. The Morgan fingerprint density at radius 3 is 2.58 bits per heavy atom. The smallest absolute Gasteiger partial charge is 0.274 e. The van der Waals surface area contributed by atoms with Crippen LogP contribution >= 0.6 is 0 Å². The number of rotatable bonds is 4. The van der Waals surface area contributed by atoms with Crippen LogP contribution < -0.4 is 4.90 Å². The van der Waals surface area contributed by atoms with Gasteiger partial charge in [-0.15, -0.1) is 10.2 Å². The number of carbonyl (C=O) groups excluding carboxylic acids is 2. The van der Waals surface area contributed by atoms with Gasteiger partial charge in [0.15, 0.2) is 11.5 Å². The molecule has 1 aromatic rings. The van der Waals surface area contributed by atoms with Crippen molar-refractivity contribution in [1.82, 2.24) is 20.0 Å². The SMILES string of the molecule is CCC1CCCCN1c1ccc(C(=O)N2CCN(C=O)CC2)nn1. The molecule has 24 heavy (non-hydrogen) atoms. The number of aromatic nitrogens is 2. The molecule has 2 aliphatic heterocycles. The number of nitrogens with zero attached hydrogens (tertiary/aromatic N) is 5.